The molecule has 1 aliphatic rings. The Morgan fingerprint density at radius 1 is 1.60 bits per heavy atom. The van der Waals surface area contributed by atoms with Gasteiger partial charge in [0.15, 0.2) is 0 Å². The van der Waals surface area contributed by atoms with Crippen LogP contribution in [0, 0.1) is 0 Å². The predicted molar refractivity (Wildman–Crippen MR) is 44.2 cm³/mol. The molecule has 0 radical (unpaired) electrons. The molecule has 10 heavy (non-hydrogen) atoms. The predicted octanol–water partition coefficient (Wildman–Crippen LogP) is 2.02. The van der Waals surface area contributed by atoms with Gasteiger partial charge in [-0.2, -0.15) is 0 Å². The molecule has 2 nitrogen and oxygen atoms in total. The summed E-state index contributed by atoms with van der Waals surface area (Å²) in [7, 11) is 0. The molecule has 0 saturated heterocycles. The van der Waals surface area contributed by atoms with Gasteiger partial charge in [0.1, 0.15) is 12.4 Å². The van der Waals surface area contributed by atoms with Crippen molar-refractivity contribution in [3.63, 3.8) is 0 Å². The minimum atomic E-state index is 0.678. The summed E-state index contributed by atoms with van der Waals surface area (Å²) in [4.78, 5) is 0. The molecule has 0 amide bonds. The third-order valence-corrected chi connectivity index (χ3v) is 2.05. The van der Waals surface area contributed by atoms with Crippen molar-refractivity contribution in [3.05, 3.63) is 22.9 Å². The topological polar surface area (TPSA) is 21.3 Å². The highest BCUT2D eigenvalue weighted by Gasteiger charge is 1.97. The summed E-state index contributed by atoms with van der Waals surface area (Å²) in [5, 5.41) is 1.98. The van der Waals surface area contributed by atoms with Gasteiger partial charge in [0.25, 0.3) is 0 Å². The highest BCUT2D eigenvalue weighted by atomic mass is 32.2. The van der Waals surface area contributed by atoms with Crippen molar-refractivity contribution in [1.82, 2.24) is 4.72 Å². The van der Waals surface area contributed by atoms with E-state index in [1.807, 2.05) is 25.3 Å². The molecular formula is C7H11NOS. The SMILES string of the molecule is C/C1=C(\C)OC/C=C\SN1. The van der Waals surface area contributed by atoms with Crippen molar-refractivity contribution in [1.29, 1.82) is 0 Å². The monoisotopic (exact) mass is 157 g/mol. The Hall–Kier alpha value is -0.570. The molecule has 0 aliphatic carbocycles. The lowest BCUT2D eigenvalue weighted by Crippen LogP contribution is -2.05. The summed E-state index contributed by atoms with van der Waals surface area (Å²) in [5.74, 6) is 0.969. The second-order valence-electron chi connectivity index (χ2n) is 2.08. The Bertz CT molecular complexity index is 156. The van der Waals surface area contributed by atoms with Crippen LogP contribution in [-0.2, 0) is 4.74 Å². The average molecular weight is 157 g/mol. The van der Waals surface area contributed by atoms with E-state index in [9.17, 15) is 0 Å². The molecule has 0 fully saturated rings. The van der Waals surface area contributed by atoms with Crippen LogP contribution in [0.4, 0.5) is 0 Å². The van der Waals surface area contributed by atoms with Gasteiger partial charge in [0, 0.05) is 0 Å². The summed E-state index contributed by atoms with van der Waals surface area (Å²) >= 11 is 1.57. The summed E-state index contributed by atoms with van der Waals surface area (Å²) in [6.07, 6.45) is 1.98. The molecule has 0 atom stereocenters. The van der Waals surface area contributed by atoms with Gasteiger partial charge in [-0.1, -0.05) is 0 Å². The van der Waals surface area contributed by atoms with Crippen molar-refractivity contribution in [2.24, 2.45) is 0 Å². The Labute approximate surface area is 65.5 Å². The van der Waals surface area contributed by atoms with Crippen LogP contribution >= 0.6 is 11.9 Å². The molecule has 1 N–H and O–H groups in total. The maximum Gasteiger partial charge on any atom is 0.113 e. The molecule has 0 aromatic carbocycles. The summed E-state index contributed by atoms with van der Waals surface area (Å²) in [5.41, 5.74) is 1.09. The molecule has 0 bridgehead atoms. The van der Waals surface area contributed by atoms with E-state index >= 15 is 0 Å². The molecule has 1 aliphatic heterocycles. The minimum absolute atomic E-state index is 0.678. The first-order chi connectivity index (χ1) is 4.80. The second-order valence-corrected chi connectivity index (χ2v) is 2.80. The van der Waals surface area contributed by atoms with Crippen LogP contribution in [-0.4, -0.2) is 6.61 Å². The Morgan fingerprint density at radius 3 is 3.20 bits per heavy atom. The molecule has 0 saturated carbocycles. The molecule has 1 heterocycles. The zero-order valence-electron chi connectivity index (χ0n) is 6.18. The quantitative estimate of drug-likeness (QED) is 0.543. The lowest BCUT2D eigenvalue weighted by Gasteiger charge is -2.11. The number of ether oxygens (including phenoxy) is 1. The molecule has 56 valence electrons. The van der Waals surface area contributed by atoms with E-state index in [4.69, 9.17) is 4.74 Å². The highest BCUT2D eigenvalue weighted by Crippen LogP contribution is 2.10. The van der Waals surface area contributed by atoms with Gasteiger partial charge in [-0.3, -0.25) is 0 Å². The van der Waals surface area contributed by atoms with Gasteiger partial charge in [-0.05, 0) is 37.3 Å². The van der Waals surface area contributed by atoms with E-state index < -0.39 is 0 Å². The Morgan fingerprint density at radius 2 is 2.40 bits per heavy atom. The van der Waals surface area contributed by atoms with E-state index in [2.05, 4.69) is 4.72 Å². The first kappa shape index (κ1) is 7.54. The van der Waals surface area contributed by atoms with Crippen LogP contribution in [0.25, 0.3) is 0 Å². The fraction of sp³-hybridized carbons (Fsp3) is 0.429. The first-order valence-electron chi connectivity index (χ1n) is 3.17. The summed E-state index contributed by atoms with van der Waals surface area (Å²) in [6, 6.07) is 0. The van der Waals surface area contributed by atoms with Gasteiger partial charge in [-0.15, -0.1) is 0 Å². The molecule has 0 aromatic rings. The van der Waals surface area contributed by atoms with Gasteiger partial charge < -0.3 is 9.46 Å². The third kappa shape index (κ3) is 1.99. The number of hydrogen-bond donors (Lipinski definition) is 1. The van der Waals surface area contributed by atoms with Crippen molar-refractivity contribution in [3.8, 4) is 0 Å². The number of rotatable bonds is 0. The molecule has 0 aromatic heterocycles. The van der Waals surface area contributed by atoms with Crippen LogP contribution in [0.2, 0.25) is 0 Å². The van der Waals surface area contributed by atoms with Gasteiger partial charge in [-0.25, -0.2) is 0 Å². The number of hydrogen-bond acceptors (Lipinski definition) is 3. The molecule has 3 heteroatoms. The Balaban J connectivity index is 2.57. The maximum atomic E-state index is 5.31. The van der Waals surface area contributed by atoms with Crippen molar-refractivity contribution in [2.45, 2.75) is 13.8 Å². The summed E-state index contributed by atoms with van der Waals surface area (Å²) < 4.78 is 8.43. The lowest BCUT2D eigenvalue weighted by molar-refractivity contribution is 0.244. The molecular weight excluding hydrogens is 146 g/mol. The second kappa shape index (κ2) is 3.56. The Kier molecular flexibility index (Phi) is 2.68. The minimum Gasteiger partial charge on any atom is -0.492 e. The van der Waals surface area contributed by atoms with E-state index in [0.717, 1.165) is 11.5 Å². The third-order valence-electron chi connectivity index (χ3n) is 1.30. The zero-order chi connectivity index (χ0) is 7.40. The largest absolute Gasteiger partial charge is 0.492 e. The van der Waals surface area contributed by atoms with Crippen LogP contribution in [0.15, 0.2) is 22.9 Å². The molecule has 1 rings (SSSR count). The molecule has 0 spiro atoms. The van der Waals surface area contributed by atoms with Crippen LogP contribution < -0.4 is 4.72 Å². The highest BCUT2D eigenvalue weighted by molar-refractivity contribution is 8.00. The van der Waals surface area contributed by atoms with E-state index in [-0.39, 0.29) is 0 Å². The van der Waals surface area contributed by atoms with E-state index in [0.29, 0.717) is 6.61 Å². The van der Waals surface area contributed by atoms with Gasteiger partial charge in [0.2, 0.25) is 0 Å². The smallest absolute Gasteiger partial charge is 0.113 e. The number of allylic oxidation sites excluding steroid dienone is 2. The van der Waals surface area contributed by atoms with E-state index in [1.54, 1.807) is 11.9 Å². The standard InChI is InChI=1S/C7H11NOS/c1-6-7(2)9-4-3-5-10-8-6/h3,5,8H,4H2,1-2H3/b5-3-,7-6-. The first-order valence-corrected chi connectivity index (χ1v) is 4.05. The van der Waals surface area contributed by atoms with Crippen LogP contribution in [0.5, 0.6) is 0 Å². The molecule has 0 unspecified atom stereocenters. The fourth-order valence-corrected chi connectivity index (χ4v) is 1.13. The average Bonchev–Trinajstić information content (AvgIpc) is 1.92. The van der Waals surface area contributed by atoms with Crippen LogP contribution in [0.3, 0.4) is 0 Å². The summed E-state index contributed by atoms with van der Waals surface area (Å²) in [6.45, 7) is 4.64. The van der Waals surface area contributed by atoms with Gasteiger partial charge in [0.05, 0.1) is 5.70 Å². The van der Waals surface area contributed by atoms with Gasteiger partial charge >= 0.3 is 0 Å². The maximum absolute atomic E-state index is 5.31. The normalized spacial score (nSPS) is 29.4. The van der Waals surface area contributed by atoms with Crippen molar-refractivity contribution < 1.29 is 4.74 Å². The van der Waals surface area contributed by atoms with Crippen molar-refractivity contribution in [2.75, 3.05) is 6.61 Å². The zero-order valence-corrected chi connectivity index (χ0v) is 6.99. The van der Waals surface area contributed by atoms with E-state index in [1.165, 1.54) is 0 Å². The fourth-order valence-electron chi connectivity index (χ4n) is 0.563. The van der Waals surface area contributed by atoms with Crippen LogP contribution in [0.1, 0.15) is 13.8 Å². The van der Waals surface area contributed by atoms with Crippen molar-refractivity contribution >= 4 is 11.9 Å². The lowest BCUT2D eigenvalue weighted by atomic mass is 10.4. The number of nitrogens with one attached hydrogen (secondary N) is 1.